The summed E-state index contributed by atoms with van der Waals surface area (Å²) < 4.78 is 15.7. The van der Waals surface area contributed by atoms with Gasteiger partial charge >= 0.3 is 5.97 Å². The van der Waals surface area contributed by atoms with Gasteiger partial charge in [-0.05, 0) is 24.3 Å². The zero-order chi connectivity index (χ0) is 17.1. The number of ether oxygens (including phenoxy) is 3. The number of hydrogen-bond acceptors (Lipinski definition) is 7. The summed E-state index contributed by atoms with van der Waals surface area (Å²) in [5.74, 6) is -0.238. The summed E-state index contributed by atoms with van der Waals surface area (Å²) in [5, 5.41) is 0. The zero-order valence-electron chi connectivity index (χ0n) is 13.0. The molecule has 124 valence electrons. The maximum Gasteiger partial charge on any atom is 0.344 e. The summed E-state index contributed by atoms with van der Waals surface area (Å²) in [6.45, 7) is 0. The van der Waals surface area contributed by atoms with Crippen molar-refractivity contribution in [3.8, 4) is 11.5 Å². The summed E-state index contributed by atoms with van der Waals surface area (Å²) in [5.41, 5.74) is 6.37. The van der Waals surface area contributed by atoms with Gasteiger partial charge in [0.1, 0.15) is 5.56 Å². The van der Waals surface area contributed by atoms with Crippen LogP contribution >= 0.6 is 0 Å². The van der Waals surface area contributed by atoms with Gasteiger partial charge in [-0.15, -0.1) is 0 Å². The predicted molar refractivity (Wildman–Crippen MR) is 82.5 cm³/mol. The average Bonchev–Trinajstić information content (AvgIpc) is 2.95. The Hall–Kier alpha value is -3.13. The topological polar surface area (TPSA) is 98.8 Å². The van der Waals surface area contributed by atoms with Gasteiger partial charge in [-0.2, -0.15) is 5.43 Å². The highest BCUT2D eigenvalue weighted by Gasteiger charge is 2.36. The van der Waals surface area contributed by atoms with Crippen LogP contribution in [0.3, 0.4) is 0 Å². The fourth-order valence-electron chi connectivity index (χ4n) is 2.41. The number of nitrogens with zero attached hydrogens (tertiary/aromatic N) is 1. The fraction of sp³-hybridized carbons (Fsp3) is 0.188. The van der Waals surface area contributed by atoms with Crippen LogP contribution < -0.4 is 20.3 Å². The van der Waals surface area contributed by atoms with Crippen molar-refractivity contribution in [2.75, 3.05) is 14.2 Å². The Kier molecular flexibility index (Phi) is 4.30. The molecule has 0 radical (unpaired) electrons. The third-order valence-corrected chi connectivity index (χ3v) is 3.53. The Morgan fingerprint density at radius 2 is 2.08 bits per heavy atom. The number of pyridine rings is 1. The van der Waals surface area contributed by atoms with Crippen molar-refractivity contribution in [3.05, 3.63) is 53.3 Å². The Morgan fingerprint density at radius 1 is 1.25 bits per heavy atom. The van der Waals surface area contributed by atoms with E-state index < -0.39 is 18.1 Å². The van der Waals surface area contributed by atoms with Crippen LogP contribution in [0.25, 0.3) is 0 Å². The molecule has 3 rings (SSSR count). The molecule has 8 heteroatoms. The molecule has 24 heavy (non-hydrogen) atoms. The second-order valence-corrected chi connectivity index (χ2v) is 4.89. The van der Waals surface area contributed by atoms with E-state index in [1.54, 1.807) is 30.5 Å². The van der Waals surface area contributed by atoms with Gasteiger partial charge in [0.05, 0.1) is 19.8 Å². The lowest BCUT2D eigenvalue weighted by atomic mass is 10.1. The molecule has 8 nitrogen and oxygen atoms in total. The lowest BCUT2D eigenvalue weighted by Crippen LogP contribution is -2.40. The molecule has 0 spiro atoms. The molecule has 1 aromatic carbocycles. The van der Waals surface area contributed by atoms with E-state index in [9.17, 15) is 9.59 Å². The summed E-state index contributed by atoms with van der Waals surface area (Å²) in [7, 11) is 2.92. The quantitative estimate of drug-likeness (QED) is 0.628. The van der Waals surface area contributed by atoms with Crippen LogP contribution in [0.4, 0.5) is 0 Å². The number of esters is 1. The summed E-state index contributed by atoms with van der Waals surface area (Å²) >= 11 is 0. The molecule has 1 aliphatic heterocycles. The van der Waals surface area contributed by atoms with Gasteiger partial charge in [0.15, 0.2) is 17.7 Å². The summed E-state index contributed by atoms with van der Waals surface area (Å²) in [4.78, 5) is 28.0. The first-order valence-corrected chi connectivity index (χ1v) is 7.07. The molecule has 2 N–H and O–H groups in total. The second-order valence-electron chi connectivity index (χ2n) is 4.89. The van der Waals surface area contributed by atoms with E-state index in [1.807, 2.05) is 0 Å². The number of benzene rings is 1. The van der Waals surface area contributed by atoms with E-state index in [4.69, 9.17) is 14.2 Å². The van der Waals surface area contributed by atoms with E-state index in [2.05, 4.69) is 15.8 Å². The molecule has 1 unspecified atom stereocenters. The van der Waals surface area contributed by atoms with Crippen LogP contribution in [0.2, 0.25) is 0 Å². The van der Waals surface area contributed by atoms with Crippen LogP contribution in [0, 0.1) is 0 Å². The van der Waals surface area contributed by atoms with Gasteiger partial charge in [-0.1, -0.05) is 0 Å². The fourth-order valence-corrected chi connectivity index (χ4v) is 2.41. The first-order valence-electron chi connectivity index (χ1n) is 7.07. The number of fused-ring (bicyclic) bond motifs is 1. The number of cyclic esters (lactones) is 1. The maximum absolute atomic E-state index is 12.1. The van der Waals surface area contributed by atoms with E-state index in [0.29, 0.717) is 22.6 Å². The van der Waals surface area contributed by atoms with E-state index in [0.717, 1.165) is 0 Å². The number of hydrazine groups is 1. The molecule has 0 fully saturated rings. The van der Waals surface area contributed by atoms with E-state index in [1.165, 1.54) is 20.4 Å². The molecule has 2 heterocycles. The number of carbonyl (C=O) groups excluding carboxylic acids is 2. The number of nitrogens with one attached hydrogen (secondary N) is 2. The first kappa shape index (κ1) is 15.8. The van der Waals surface area contributed by atoms with Gasteiger partial charge in [-0.3, -0.25) is 15.2 Å². The van der Waals surface area contributed by atoms with Crippen molar-refractivity contribution in [1.29, 1.82) is 0 Å². The Morgan fingerprint density at radius 3 is 2.75 bits per heavy atom. The number of carbonyl (C=O) groups is 2. The highest BCUT2D eigenvalue weighted by Crippen LogP contribution is 2.40. The molecule has 0 saturated heterocycles. The molecule has 1 aromatic heterocycles. The number of amides is 1. The number of aromatic nitrogens is 1. The molecule has 1 atom stereocenters. The minimum Gasteiger partial charge on any atom is -0.493 e. The van der Waals surface area contributed by atoms with Crippen LogP contribution in [0.1, 0.15) is 32.5 Å². The van der Waals surface area contributed by atoms with Crippen LogP contribution in [-0.2, 0) is 4.74 Å². The smallest absolute Gasteiger partial charge is 0.344 e. The standard InChI is InChI=1S/C16H15N3O5/c1-22-11-6-5-10-12(13(11)23-2)16(21)24-15(10)19-18-14(20)9-4-3-7-17-8-9/h3-8,15,19H,1-2H3,(H,18,20). The van der Waals surface area contributed by atoms with Gasteiger partial charge in [0.25, 0.3) is 5.91 Å². The summed E-state index contributed by atoms with van der Waals surface area (Å²) in [6, 6.07) is 6.61. The second kappa shape index (κ2) is 6.55. The monoisotopic (exact) mass is 329 g/mol. The maximum atomic E-state index is 12.1. The van der Waals surface area contributed by atoms with E-state index in [-0.39, 0.29) is 5.56 Å². The molecule has 1 amide bonds. The summed E-state index contributed by atoms with van der Waals surface area (Å²) in [6.07, 6.45) is 2.17. The van der Waals surface area contributed by atoms with Crippen molar-refractivity contribution < 1.29 is 23.8 Å². The van der Waals surface area contributed by atoms with Crippen molar-refractivity contribution in [2.24, 2.45) is 0 Å². The third-order valence-electron chi connectivity index (χ3n) is 3.53. The van der Waals surface area contributed by atoms with Gasteiger partial charge in [0, 0.05) is 18.0 Å². The SMILES string of the molecule is COc1ccc2c(c1OC)C(=O)OC2NNC(=O)c1cccnc1. The van der Waals surface area contributed by atoms with Gasteiger partial charge < -0.3 is 14.2 Å². The van der Waals surface area contributed by atoms with Crippen molar-refractivity contribution in [3.63, 3.8) is 0 Å². The van der Waals surface area contributed by atoms with Crippen molar-refractivity contribution in [1.82, 2.24) is 15.8 Å². The van der Waals surface area contributed by atoms with Crippen molar-refractivity contribution >= 4 is 11.9 Å². The third kappa shape index (κ3) is 2.74. The molecule has 2 aromatic rings. The Balaban J connectivity index is 1.79. The highest BCUT2D eigenvalue weighted by atomic mass is 16.6. The average molecular weight is 329 g/mol. The molecule has 0 saturated carbocycles. The highest BCUT2D eigenvalue weighted by molar-refractivity contribution is 5.98. The molecular formula is C16H15N3O5. The number of rotatable bonds is 5. The molecule has 0 aliphatic carbocycles. The minimum absolute atomic E-state index is 0.268. The van der Waals surface area contributed by atoms with Gasteiger partial charge in [0.2, 0.25) is 0 Å². The van der Waals surface area contributed by atoms with Crippen LogP contribution in [0.5, 0.6) is 11.5 Å². The lowest BCUT2D eigenvalue weighted by molar-refractivity contribution is 0.0260. The first-order chi connectivity index (χ1) is 11.7. The van der Waals surface area contributed by atoms with Crippen LogP contribution in [-0.4, -0.2) is 31.1 Å². The Labute approximate surface area is 137 Å². The van der Waals surface area contributed by atoms with Crippen LogP contribution in [0.15, 0.2) is 36.7 Å². The van der Waals surface area contributed by atoms with E-state index >= 15 is 0 Å². The predicted octanol–water partition coefficient (Wildman–Crippen LogP) is 1.20. The number of hydrogen-bond donors (Lipinski definition) is 2. The number of methoxy groups -OCH3 is 2. The largest absolute Gasteiger partial charge is 0.493 e. The normalized spacial score (nSPS) is 15.4. The molecule has 0 bridgehead atoms. The van der Waals surface area contributed by atoms with Gasteiger partial charge in [-0.25, -0.2) is 4.79 Å². The van der Waals surface area contributed by atoms with Crippen molar-refractivity contribution in [2.45, 2.75) is 6.23 Å². The Bertz CT molecular complexity index is 779. The zero-order valence-corrected chi connectivity index (χ0v) is 13.0. The molecular weight excluding hydrogens is 314 g/mol. The molecule has 1 aliphatic rings. The minimum atomic E-state index is -0.826. The lowest BCUT2D eigenvalue weighted by Gasteiger charge is -2.14.